The molecule has 0 bridgehead atoms. The van der Waals surface area contributed by atoms with Crippen LogP contribution in [0.1, 0.15) is 25.3 Å². The van der Waals surface area contributed by atoms with E-state index in [1.165, 1.54) is 0 Å². The second-order valence-corrected chi connectivity index (χ2v) is 7.79. The fraction of sp³-hybridized carbons (Fsp3) is 0.571. The molecule has 2 unspecified atom stereocenters. The van der Waals surface area contributed by atoms with Gasteiger partial charge in [-0.1, -0.05) is 6.07 Å². The molecule has 5 nitrogen and oxygen atoms in total. The van der Waals surface area contributed by atoms with Crippen LogP contribution in [0.25, 0.3) is 0 Å². The summed E-state index contributed by atoms with van der Waals surface area (Å²) in [6, 6.07) is 5.10. The van der Waals surface area contributed by atoms with Crippen molar-refractivity contribution in [2.24, 2.45) is 0 Å². The first-order chi connectivity index (χ1) is 9.94. The highest BCUT2D eigenvalue weighted by Gasteiger charge is 2.28. The van der Waals surface area contributed by atoms with Gasteiger partial charge in [0.05, 0.1) is 11.0 Å². The second-order valence-electron chi connectivity index (χ2n) is 5.26. The first kappa shape index (κ1) is 16.9. The van der Waals surface area contributed by atoms with Gasteiger partial charge in [-0.05, 0) is 60.4 Å². The lowest BCUT2D eigenvalue weighted by Crippen LogP contribution is -2.40. The van der Waals surface area contributed by atoms with Gasteiger partial charge in [0.25, 0.3) is 0 Å². The van der Waals surface area contributed by atoms with Crippen molar-refractivity contribution in [3.8, 4) is 0 Å². The van der Waals surface area contributed by atoms with Crippen molar-refractivity contribution in [3.05, 3.63) is 28.2 Å². The van der Waals surface area contributed by atoms with Crippen LogP contribution in [0.4, 0.5) is 0 Å². The molecule has 0 radical (unpaired) electrons. The molecule has 0 spiro atoms. The molecule has 1 heterocycles. The number of hydrogen-bond donors (Lipinski definition) is 2. The topological polar surface area (TPSA) is 67.4 Å². The zero-order valence-corrected chi connectivity index (χ0v) is 14.6. The van der Waals surface area contributed by atoms with E-state index in [9.17, 15) is 8.42 Å². The Balaban J connectivity index is 2.19. The van der Waals surface area contributed by atoms with Crippen LogP contribution in [-0.2, 0) is 21.3 Å². The van der Waals surface area contributed by atoms with Crippen molar-refractivity contribution in [3.63, 3.8) is 0 Å². The molecule has 0 saturated carbocycles. The van der Waals surface area contributed by atoms with Gasteiger partial charge in [0.15, 0.2) is 0 Å². The molecule has 0 aromatic heterocycles. The summed E-state index contributed by atoms with van der Waals surface area (Å²) in [5, 5.41) is 3.02. The van der Waals surface area contributed by atoms with Crippen LogP contribution in [0.15, 0.2) is 27.6 Å². The van der Waals surface area contributed by atoms with Crippen molar-refractivity contribution in [1.29, 1.82) is 0 Å². The maximum atomic E-state index is 12.6. The molecule has 118 valence electrons. The molecule has 1 fully saturated rings. The van der Waals surface area contributed by atoms with Gasteiger partial charge in [0.1, 0.15) is 0 Å². The number of hydrogen-bond acceptors (Lipinski definition) is 4. The Morgan fingerprint density at radius 3 is 2.86 bits per heavy atom. The zero-order valence-electron chi connectivity index (χ0n) is 12.2. The van der Waals surface area contributed by atoms with Gasteiger partial charge in [0, 0.05) is 23.7 Å². The number of benzene rings is 1. The van der Waals surface area contributed by atoms with Crippen LogP contribution in [0.2, 0.25) is 0 Å². The molecular formula is C14H21BrN2O3S. The van der Waals surface area contributed by atoms with Crippen LogP contribution in [0, 0.1) is 0 Å². The molecule has 1 aliphatic rings. The molecule has 1 aliphatic heterocycles. The lowest BCUT2D eigenvalue weighted by atomic mass is 10.1. The second kappa shape index (κ2) is 7.19. The minimum atomic E-state index is -3.57. The quantitative estimate of drug-likeness (QED) is 0.796. The summed E-state index contributed by atoms with van der Waals surface area (Å²) in [7, 11) is -1.75. The molecule has 1 saturated heterocycles. The highest BCUT2D eigenvalue weighted by molar-refractivity contribution is 9.10. The molecule has 0 amide bonds. The predicted octanol–water partition coefficient (Wildman–Crippen LogP) is 2.01. The normalized spacial score (nSPS) is 20.6. The highest BCUT2D eigenvalue weighted by Crippen LogP contribution is 2.24. The summed E-state index contributed by atoms with van der Waals surface area (Å²) in [4.78, 5) is 0.264. The van der Waals surface area contributed by atoms with E-state index in [4.69, 9.17) is 4.74 Å². The largest absolute Gasteiger partial charge is 0.377 e. The minimum absolute atomic E-state index is 0.0426. The van der Waals surface area contributed by atoms with E-state index in [1.54, 1.807) is 12.1 Å². The summed E-state index contributed by atoms with van der Waals surface area (Å²) < 4.78 is 33.9. The SMILES string of the molecule is CNCc1ccc(Br)c(S(=O)(=O)NC(C)C2CCCO2)c1. The monoisotopic (exact) mass is 376 g/mol. The molecule has 2 rings (SSSR count). The van der Waals surface area contributed by atoms with Crippen molar-refractivity contribution in [1.82, 2.24) is 10.0 Å². The summed E-state index contributed by atoms with van der Waals surface area (Å²) in [5.74, 6) is 0. The van der Waals surface area contributed by atoms with E-state index in [-0.39, 0.29) is 17.0 Å². The third kappa shape index (κ3) is 4.26. The molecule has 1 aromatic rings. The molecule has 21 heavy (non-hydrogen) atoms. The van der Waals surface area contributed by atoms with Gasteiger partial charge < -0.3 is 10.1 Å². The lowest BCUT2D eigenvalue weighted by molar-refractivity contribution is 0.0902. The highest BCUT2D eigenvalue weighted by atomic mass is 79.9. The van der Waals surface area contributed by atoms with Crippen LogP contribution in [0.5, 0.6) is 0 Å². The van der Waals surface area contributed by atoms with Crippen molar-refractivity contribution < 1.29 is 13.2 Å². The summed E-state index contributed by atoms with van der Waals surface area (Å²) in [5.41, 5.74) is 0.922. The maximum Gasteiger partial charge on any atom is 0.242 e. The summed E-state index contributed by atoms with van der Waals surface area (Å²) in [6.07, 6.45) is 1.84. The van der Waals surface area contributed by atoms with Crippen molar-refractivity contribution >= 4 is 26.0 Å². The van der Waals surface area contributed by atoms with Gasteiger partial charge in [-0.2, -0.15) is 0 Å². The van der Waals surface area contributed by atoms with Gasteiger partial charge in [-0.15, -0.1) is 0 Å². The third-order valence-corrected chi connectivity index (χ3v) is 6.08. The Morgan fingerprint density at radius 1 is 1.48 bits per heavy atom. The number of rotatable bonds is 6. The van der Waals surface area contributed by atoms with E-state index in [0.717, 1.165) is 18.4 Å². The molecule has 1 aromatic carbocycles. The van der Waals surface area contributed by atoms with Gasteiger partial charge in [0.2, 0.25) is 10.0 Å². The van der Waals surface area contributed by atoms with E-state index in [2.05, 4.69) is 26.0 Å². The minimum Gasteiger partial charge on any atom is -0.377 e. The molecule has 2 atom stereocenters. The van der Waals surface area contributed by atoms with Crippen LogP contribution in [-0.4, -0.2) is 34.2 Å². The first-order valence-electron chi connectivity index (χ1n) is 7.01. The Morgan fingerprint density at radius 2 is 2.24 bits per heavy atom. The fourth-order valence-electron chi connectivity index (χ4n) is 2.45. The smallest absolute Gasteiger partial charge is 0.242 e. The predicted molar refractivity (Wildman–Crippen MR) is 85.7 cm³/mol. The zero-order chi connectivity index (χ0) is 15.5. The molecule has 0 aliphatic carbocycles. The van der Waals surface area contributed by atoms with E-state index in [0.29, 0.717) is 17.6 Å². The van der Waals surface area contributed by atoms with Crippen LogP contribution < -0.4 is 10.0 Å². The summed E-state index contributed by atoms with van der Waals surface area (Å²) in [6.45, 7) is 3.17. The van der Waals surface area contributed by atoms with Crippen molar-refractivity contribution in [2.75, 3.05) is 13.7 Å². The first-order valence-corrected chi connectivity index (χ1v) is 9.28. The van der Waals surface area contributed by atoms with Crippen LogP contribution >= 0.6 is 15.9 Å². The van der Waals surface area contributed by atoms with E-state index in [1.807, 2.05) is 20.0 Å². The Hall–Kier alpha value is -0.470. The molecule has 7 heteroatoms. The lowest BCUT2D eigenvalue weighted by Gasteiger charge is -2.20. The van der Waals surface area contributed by atoms with Gasteiger partial charge >= 0.3 is 0 Å². The Bertz CT molecular complexity index is 586. The number of sulfonamides is 1. The number of nitrogens with one attached hydrogen (secondary N) is 2. The van der Waals surface area contributed by atoms with Crippen molar-refractivity contribution in [2.45, 2.75) is 43.4 Å². The summed E-state index contributed by atoms with van der Waals surface area (Å²) >= 11 is 3.32. The maximum absolute atomic E-state index is 12.6. The Kier molecular flexibility index (Phi) is 5.79. The molecular weight excluding hydrogens is 356 g/mol. The average molecular weight is 377 g/mol. The standard InChI is InChI=1S/C14H21BrN2O3S/c1-10(13-4-3-7-20-13)17-21(18,19)14-8-11(9-16-2)5-6-12(14)15/h5-6,8,10,13,16-17H,3-4,7,9H2,1-2H3. The molecule has 2 N–H and O–H groups in total. The number of halogens is 1. The average Bonchev–Trinajstić information content (AvgIpc) is 2.94. The Labute approximate surface area is 134 Å². The fourth-order valence-corrected chi connectivity index (χ4v) is 4.73. The van der Waals surface area contributed by atoms with Crippen LogP contribution in [0.3, 0.4) is 0 Å². The number of ether oxygens (including phenoxy) is 1. The van der Waals surface area contributed by atoms with Gasteiger partial charge in [-0.3, -0.25) is 0 Å². The van der Waals surface area contributed by atoms with E-state index < -0.39 is 10.0 Å². The van der Waals surface area contributed by atoms with E-state index >= 15 is 0 Å². The third-order valence-electron chi connectivity index (χ3n) is 3.53. The van der Waals surface area contributed by atoms with Gasteiger partial charge in [-0.25, -0.2) is 13.1 Å².